The number of ether oxygens (including phenoxy) is 1. The highest BCUT2D eigenvalue weighted by molar-refractivity contribution is 7.89. The number of carbonyl (C=O) groups excluding carboxylic acids is 1. The summed E-state index contributed by atoms with van der Waals surface area (Å²) in [6.45, 7) is -0.793. The first-order valence-electron chi connectivity index (χ1n) is 9.39. The summed E-state index contributed by atoms with van der Waals surface area (Å²) in [4.78, 5) is 13.4. The standard InChI is InChI=1S/C19H20F2N4O5S/c1-11-6-13(23-30-11)7-17-16-10-24(8-12(16)9-25(17)19(22)26)31(27,28)15-4-2-14(3-5-15)29-18(20)21/h2-6,17-18H,7-10H2,1H3,(H2,22,26). The topological polar surface area (TPSA) is 119 Å². The third-order valence-corrected chi connectivity index (χ3v) is 7.16. The van der Waals surface area contributed by atoms with Crippen LogP contribution < -0.4 is 10.5 Å². The van der Waals surface area contributed by atoms with E-state index in [0.717, 1.165) is 11.1 Å². The molecule has 0 aliphatic carbocycles. The van der Waals surface area contributed by atoms with Gasteiger partial charge in [-0.15, -0.1) is 0 Å². The number of aromatic nitrogens is 1. The number of nitrogens with two attached hydrogens (primary N) is 1. The highest BCUT2D eigenvalue weighted by Crippen LogP contribution is 2.35. The first kappa shape index (κ1) is 21.2. The lowest BCUT2D eigenvalue weighted by molar-refractivity contribution is -0.0498. The van der Waals surface area contributed by atoms with Crippen LogP contribution >= 0.6 is 0 Å². The number of hydrogen-bond acceptors (Lipinski definition) is 6. The van der Waals surface area contributed by atoms with Crippen molar-refractivity contribution in [3.8, 4) is 5.75 Å². The predicted octanol–water partition coefficient (Wildman–Crippen LogP) is 1.89. The summed E-state index contributed by atoms with van der Waals surface area (Å²) in [5.74, 6) is 0.499. The summed E-state index contributed by atoms with van der Waals surface area (Å²) in [5, 5.41) is 3.96. The number of carbonyl (C=O) groups is 1. The number of nitrogens with zero attached hydrogens (tertiary/aromatic N) is 3. The summed E-state index contributed by atoms with van der Waals surface area (Å²) >= 11 is 0. The van der Waals surface area contributed by atoms with E-state index in [1.807, 2.05) is 0 Å². The van der Waals surface area contributed by atoms with Crippen LogP contribution in [0.1, 0.15) is 11.5 Å². The fraction of sp³-hybridized carbons (Fsp3) is 0.368. The summed E-state index contributed by atoms with van der Waals surface area (Å²) in [6.07, 6.45) is 0.354. The molecular formula is C19H20F2N4O5S. The van der Waals surface area contributed by atoms with Crippen LogP contribution in [-0.2, 0) is 16.4 Å². The van der Waals surface area contributed by atoms with Crippen molar-refractivity contribution in [2.45, 2.75) is 30.9 Å². The molecule has 166 valence electrons. The Hall–Kier alpha value is -2.99. The number of rotatable bonds is 6. The second-order valence-corrected chi connectivity index (χ2v) is 9.30. The maximum absolute atomic E-state index is 13.1. The van der Waals surface area contributed by atoms with E-state index >= 15 is 0 Å². The lowest BCUT2D eigenvalue weighted by Gasteiger charge is -2.28. The van der Waals surface area contributed by atoms with Crippen molar-refractivity contribution < 1.29 is 31.3 Å². The van der Waals surface area contributed by atoms with Crippen LogP contribution in [-0.4, -0.2) is 61.1 Å². The average molecular weight is 454 g/mol. The molecule has 12 heteroatoms. The smallest absolute Gasteiger partial charge is 0.387 e. The van der Waals surface area contributed by atoms with Gasteiger partial charge < -0.3 is 19.9 Å². The van der Waals surface area contributed by atoms with Gasteiger partial charge in [0, 0.05) is 32.1 Å². The van der Waals surface area contributed by atoms with Crippen LogP contribution in [0.25, 0.3) is 0 Å². The van der Waals surface area contributed by atoms with Crippen molar-refractivity contribution in [2.24, 2.45) is 5.73 Å². The molecule has 31 heavy (non-hydrogen) atoms. The molecule has 0 bridgehead atoms. The van der Waals surface area contributed by atoms with E-state index in [9.17, 15) is 22.0 Å². The number of benzene rings is 1. The minimum Gasteiger partial charge on any atom is -0.435 e. The van der Waals surface area contributed by atoms with Crippen LogP contribution in [0.3, 0.4) is 0 Å². The van der Waals surface area contributed by atoms with Gasteiger partial charge in [-0.3, -0.25) is 0 Å². The molecule has 1 aromatic carbocycles. The molecule has 3 heterocycles. The molecule has 2 N–H and O–H groups in total. The number of amides is 2. The van der Waals surface area contributed by atoms with E-state index in [4.69, 9.17) is 10.3 Å². The maximum Gasteiger partial charge on any atom is 0.387 e. The maximum atomic E-state index is 13.1. The van der Waals surface area contributed by atoms with Gasteiger partial charge in [0.25, 0.3) is 0 Å². The summed E-state index contributed by atoms with van der Waals surface area (Å²) < 4.78 is 61.4. The highest BCUT2D eigenvalue weighted by Gasteiger charge is 2.43. The Labute approximate surface area is 177 Å². The molecule has 0 saturated heterocycles. The lowest BCUT2D eigenvalue weighted by atomic mass is 10.0. The number of primary amides is 1. The molecule has 1 atom stereocenters. The zero-order valence-electron chi connectivity index (χ0n) is 16.5. The Bertz CT molecular complexity index is 1130. The highest BCUT2D eigenvalue weighted by atomic mass is 32.2. The van der Waals surface area contributed by atoms with Gasteiger partial charge >= 0.3 is 12.6 Å². The number of aryl methyl sites for hydroxylation is 1. The molecule has 2 amide bonds. The Morgan fingerprint density at radius 3 is 2.58 bits per heavy atom. The Morgan fingerprint density at radius 1 is 1.29 bits per heavy atom. The minimum atomic E-state index is -3.88. The van der Waals surface area contributed by atoms with E-state index in [1.165, 1.54) is 33.5 Å². The van der Waals surface area contributed by atoms with Crippen LogP contribution in [0.2, 0.25) is 0 Å². The van der Waals surface area contributed by atoms with Crippen molar-refractivity contribution in [3.63, 3.8) is 0 Å². The molecule has 0 saturated carbocycles. The summed E-state index contributed by atoms with van der Waals surface area (Å²) in [5.41, 5.74) is 7.78. The van der Waals surface area contributed by atoms with Gasteiger partial charge in [0.2, 0.25) is 10.0 Å². The number of urea groups is 1. The second kappa shape index (κ2) is 7.93. The normalized spacial score (nSPS) is 19.4. The Kier molecular flexibility index (Phi) is 5.43. The molecule has 4 rings (SSSR count). The predicted molar refractivity (Wildman–Crippen MR) is 104 cm³/mol. The first-order chi connectivity index (χ1) is 14.6. The summed E-state index contributed by atoms with van der Waals surface area (Å²) in [6, 6.07) is 5.55. The molecule has 2 aromatic rings. The molecule has 0 fully saturated rings. The molecule has 1 unspecified atom stereocenters. The molecule has 9 nitrogen and oxygen atoms in total. The molecule has 0 spiro atoms. The van der Waals surface area contributed by atoms with Crippen LogP contribution in [0.15, 0.2) is 50.9 Å². The lowest BCUT2D eigenvalue weighted by Crippen LogP contribution is -2.45. The van der Waals surface area contributed by atoms with Gasteiger partial charge in [-0.1, -0.05) is 5.16 Å². The average Bonchev–Trinajstić information content (AvgIpc) is 3.38. The fourth-order valence-electron chi connectivity index (χ4n) is 3.96. The minimum absolute atomic E-state index is 0.0364. The van der Waals surface area contributed by atoms with E-state index in [1.54, 1.807) is 13.0 Å². The fourth-order valence-corrected chi connectivity index (χ4v) is 5.37. The molecule has 2 aliphatic heterocycles. The van der Waals surface area contributed by atoms with E-state index in [0.29, 0.717) is 17.9 Å². The van der Waals surface area contributed by atoms with Gasteiger partial charge in [0.1, 0.15) is 11.5 Å². The van der Waals surface area contributed by atoms with E-state index in [-0.39, 0.29) is 30.3 Å². The van der Waals surface area contributed by atoms with Crippen LogP contribution in [0, 0.1) is 6.92 Å². The van der Waals surface area contributed by atoms with Crippen LogP contribution in [0.5, 0.6) is 5.75 Å². The van der Waals surface area contributed by atoms with Crippen molar-refractivity contribution in [2.75, 3.05) is 19.6 Å². The number of alkyl halides is 2. The third-order valence-electron chi connectivity index (χ3n) is 5.36. The second-order valence-electron chi connectivity index (χ2n) is 7.37. The van der Waals surface area contributed by atoms with Crippen LogP contribution in [0.4, 0.5) is 13.6 Å². The molecule has 0 radical (unpaired) electrons. The van der Waals surface area contributed by atoms with Crippen molar-refractivity contribution in [1.82, 2.24) is 14.4 Å². The molecule has 1 aromatic heterocycles. The van der Waals surface area contributed by atoms with Gasteiger partial charge in [0.15, 0.2) is 0 Å². The summed E-state index contributed by atoms with van der Waals surface area (Å²) in [7, 11) is -3.88. The zero-order chi connectivity index (χ0) is 22.3. The number of hydrogen-bond donors (Lipinski definition) is 1. The Morgan fingerprint density at radius 2 is 2.00 bits per heavy atom. The van der Waals surface area contributed by atoms with Gasteiger partial charge in [0.05, 0.1) is 16.6 Å². The third kappa shape index (κ3) is 4.12. The van der Waals surface area contributed by atoms with Crippen molar-refractivity contribution in [1.29, 1.82) is 0 Å². The Balaban J connectivity index is 1.53. The van der Waals surface area contributed by atoms with Gasteiger partial charge in [-0.05, 0) is 42.3 Å². The number of sulfonamides is 1. The van der Waals surface area contributed by atoms with E-state index in [2.05, 4.69) is 9.89 Å². The van der Waals surface area contributed by atoms with Gasteiger partial charge in [-0.25, -0.2) is 13.2 Å². The molecule has 2 aliphatic rings. The SMILES string of the molecule is Cc1cc(CC2C3=C(CN2C(N)=O)CN(S(=O)(=O)c2ccc(OC(F)F)cc2)C3)no1. The quantitative estimate of drug-likeness (QED) is 0.666. The van der Waals surface area contributed by atoms with Gasteiger partial charge in [-0.2, -0.15) is 13.1 Å². The van der Waals surface area contributed by atoms with E-state index < -0.39 is 28.7 Å². The number of halogens is 2. The molecular weight excluding hydrogens is 434 g/mol. The zero-order valence-corrected chi connectivity index (χ0v) is 17.3. The van der Waals surface area contributed by atoms with Crippen molar-refractivity contribution >= 4 is 16.1 Å². The first-order valence-corrected chi connectivity index (χ1v) is 10.8. The van der Waals surface area contributed by atoms with Crippen molar-refractivity contribution in [3.05, 3.63) is 52.9 Å². The largest absolute Gasteiger partial charge is 0.435 e. The monoisotopic (exact) mass is 454 g/mol.